The van der Waals surface area contributed by atoms with E-state index in [0.717, 1.165) is 33.6 Å². The number of H-pyrrole nitrogens is 1. The van der Waals surface area contributed by atoms with Gasteiger partial charge in [-0.15, -0.1) is 0 Å². The zero-order valence-electron chi connectivity index (χ0n) is 35.5. The van der Waals surface area contributed by atoms with E-state index >= 15 is 0 Å². The van der Waals surface area contributed by atoms with Crippen LogP contribution in [0.2, 0.25) is 0 Å². The molecule has 0 spiro atoms. The van der Waals surface area contributed by atoms with E-state index in [9.17, 15) is 22.8 Å². The zero-order chi connectivity index (χ0) is 45.4. The minimum atomic E-state index is -4.31. The van der Waals surface area contributed by atoms with Crippen LogP contribution in [0.25, 0.3) is 6.08 Å². The normalized spacial score (nSPS) is 17.8. The quantitative estimate of drug-likeness (QED) is 0.0451. The van der Waals surface area contributed by atoms with Gasteiger partial charge in [0.1, 0.15) is 29.5 Å². The summed E-state index contributed by atoms with van der Waals surface area (Å²) in [6.45, 7) is -0.308. The maximum absolute atomic E-state index is 14.1. The molecular formula is C52H46N2O10S. The second-order valence-corrected chi connectivity index (χ2v) is 17.0. The minimum Gasteiger partial charge on any atom is -0.466 e. The van der Waals surface area contributed by atoms with E-state index in [0.29, 0.717) is 16.7 Å². The molecule has 6 aromatic carbocycles. The van der Waals surface area contributed by atoms with Crippen molar-refractivity contribution in [2.45, 2.75) is 35.7 Å². The van der Waals surface area contributed by atoms with E-state index in [1.807, 2.05) is 182 Å². The number of benzene rings is 6. The summed E-state index contributed by atoms with van der Waals surface area (Å²) >= 11 is 0. The summed E-state index contributed by atoms with van der Waals surface area (Å²) in [6, 6.07) is 57.1. The lowest BCUT2D eigenvalue weighted by molar-refractivity contribution is -0.134. The average molecular weight is 891 g/mol. The van der Waals surface area contributed by atoms with E-state index in [1.165, 1.54) is 19.4 Å². The Hall–Kier alpha value is -7.00. The molecule has 8 rings (SSSR count). The molecule has 1 fully saturated rings. The highest BCUT2D eigenvalue weighted by Crippen LogP contribution is 2.47. The van der Waals surface area contributed by atoms with Crippen LogP contribution in [0.3, 0.4) is 0 Å². The first kappa shape index (κ1) is 44.6. The zero-order valence-corrected chi connectivity index (χ0v) is 36.3. The number of hydrogen-bond donors (Lipinski definition) is 1. The van der Waals surface area contributed by atoms with E-state index in [1.54, 1.807) is 0 Å². The van der Waals surface area contributed by atoms with Gasteiger partial charge in [0, 0.05) is 12.3 Å². The molecule has 0 radical (unpaired) electrons. The van der Waals surface area contributed by atoms with Gasteiger partial charge in [-0.1, -0.05) is 182 Å². The van der Waals surface area contributed by atoms with Crippen LogP contribution in [0, 0.1) is 0 Å². The largest absolute Gasteiger partial charge is 0.466 e. The number of rotatable bonds is 16. The van der Waals surface area contributed by atoms with Gasteiger partial charge in [0.15, 0.2) is 6.23 Å². The number of aromatic amines is 1. The third-order valence-corrected chi connectivity index (χ3v) is 11.9. The van der Waals surface area contributed by atoms with Gasteiger partial charge in [0.2, 0.25) is 0 Å². The fraction of sp³-hybridized carbons (Fsp3) is 0.173. The Morgan fingerprint density at radius 2 is 1.05 bits per heavy atom. The van der Waals surface area contributed by atoms with Crippen molar-refractivity contribution in [1.82, 2.24) is 9.55 Å². The number of carbonyl (C=O) groups excluding carboxylic acids is 1. The summed E-state index contributed by atoms with van der Waals surface area (Å²) in [7, 11) is -3.12. The minimum absolute atomic E-state index is 0.102. The number of esters is 1. The Labute approximate surface area is 376 Å². The van der Waals surface area contributed by atoms with Crippen molar-refractivity contribution < 1.29 is 36.3 Å². The summed E-state index contributed by atoms with van der Waals surface area (Å²) in [5, 5.41) is 0. The average Bonchev–Trinajstić information content (AvgIpc) is 3.66. The van der Waals surface area contributed by atoms with Crippen LogP contribution in [-0.2, 0) is 49.2 Å². The third-order valence-electron chi connectivity index (χ3n) is 11.3. The first-order valence-electron chi connectivity index (χ1n) is 20.8. The molecule has 0 saturated carbocycles. The van der Waals surface area contributed by atoms with E-state index in [2.05, 4.69) is 4.98 Å². The second-order valence-electron chi connectivity index (χ2n) is 15.4. The van der Waals surface area contributed by atoms with Crippen LogP contribution in [0.1, 0.15) is 45.2 Å². The monoisotopic (exact) mass is 890 g/mol. The fourth-order valence-corrected chi connectivity index (χ4v) is 9.08. The first-order chi connectivity index (χ1) is 31.5. The van der Waals surface area contributed by atoms with Crippen molar-refractivity contribution in [3.63, 3.8) is 0 Å². The highest BCUT2D eigenvalue weighted by Gasteiger charge is 2.55. The number of methoxy groups -OCH3 is 1. The van der Waals surface area contributed by atoms with Gasteiger partial charge >= 0.3 is 11.7 Å². The van der Waals surface area contributed by atoms with Gasteiger partial charge in [0.25, 0.3) is 15.7 Å². The number of nitrogens with one attached hydrogen (secondary N) is 1. The van der Waals surface area contributed by atoms with Gasteiger partial charge in [-0.3, -0.25) is 18.5 Å². The molecule has 1 aliphatic heterocycles. The number of carbonyl (C=O) groups is 1. The molecule has 1 aromatic heterocycles. The van der Waals surface area contributed by atoms with E-state index in [4.69, 9.17) is 23.1 Å². The highest BCUT2D eigenvalue weighted by atomic mass is 32.2. The topological polar surface area (TPSA) is 152 Å². The lowest BCUT2D eigenvalue weighted by Gasteiger charge is -2.40. The van der Waals surface area contributed by atoms with E-state index < -0.39 is 63.1 Å². The van der Waals surface area contributed by atoms with Crippen molar-refractivity contribution in [2.75, 3.05) is 20.0 Å². The van der Waals surface area contributed by atoms with Crippen LogP contribution < -0.4 is 11.2 Å². The molecule has 1 saturated heterocycles. The maximum atomic E-state index is 14.1. The van der Waals surface area contributed by atoms with Crippen molar-refractivity contribution in [1.29, 1.82) is 0 Å². The molecule has 4 atom stereocenters. The van der Waals surface area contributed by atoms with Gasteiger partial charge in [-0.2, -0.15) is 8.42 Å². The van der Waals surface area contributed by atoms with Crippen LogP contribution >= 0.6 is 0 Å². The Bertz CT molecular complexity index is 2760. The van der Waals surface area contributed by atoms with E-state index in [-0.39, 0.29) is 12.2 Å². The molecule has 65 heavy (non-hydrogen) atoms. The highest BCUT2D eigenvalue weighted by molar-refractivity contribution is 7.86. The number of ether oxygens (including phenoxy) is 4. The van der Waals surface area contributed by atoms with Gasteiger partial charge in [0.05, 0.1) is 25.5 Å². The first-order valence-corrected chi connectivity index (χ1v) is 22.7. The van der Waals surface area contributed by atoms with Crippen LogP contribution in [0.5, 0.6) is 0 Å². The summed E-state index contributed by atoms with van der Waals surface area (Å²) in [6.07, 6.45) is -1.29. The summed E-state index contributed by atoms with van der Waals surface area (Å²) in [4.78, 5) is 41.9. The number of aromatic nitrogens is 2. The molecule has 2 heterocycles. The summed E-state index contributed by atoms with van der Waals surface area (Å²) in [5.41, 5.74) is -0.249. The molecule has 0 bridgehead atoms. The molecular weight excluding hydrogens is 845 g/mol. The van der Waals surface area contributed by atoms with Crippen molar-refractivity contribution in [2.24, 2.45) is 0 Å². The lowest BCUT2D eigenvalue weighted by Crippen LogP contribution is -2.47. The number of nitrogens with zero attached hydrogens (tertiary/aromatic N) is 1. The maximum Gasteiger partial charge on any atom is 0.330 e. The fourth-order valence-electron chi connectivity index (χ4n) is 8.45. The summed E-state index contributed by atoms with van der Waals surface area (Å²) < 4.78 is 60.7. The molecule has 0 aliphatic carbocycles. The lowest BCUT2D eigenvalue weighted by atomic mass is 9.79. The number of hydrogen-bond acceptors (Lipinski definition) is 10. The molecule has 0 amide bonds. The molecule has 13 heteroatoms. The SMILES string of the molecule is COC(=O)C=Cc1cn([C@@H]2O[C@H](COC(c3ccccc3)(c3ccccc3)c3ccccc3)[C@@H](OS(C)(=O)=O)[C@H]2OC(c2ccccc2)(c2ccccc2)c2ccccc2)c(=O)[nH]c1=O. The van der Waals surface area contributed by atoms with Gasteiger partial charge in [-0.05, 0) is 39.5 Å². The standard InChI is InChI=1S/C52H46N2O10S/c1-60-45(55)34-33-37-35-54(50(57)53-48(37)56)49-47(63-52(41-27-15-6-16-28-41,42-29-17-7-18-30-42)43-31-19-8-20-32-43)46(64-65(2,58)59)44(62-49)36-61-51(38-21-9-3-10-22-38,39-23-11-4-12-24-39)40-25-13-5-14-26-40/h3-35,44,46-47,49H,36H2,1-2H3,(H,53,56,57)/t44-,46-,47-,49-/m1/s1. The predicted octanol–water partition coefficient (Wildman–Crippen LogP) is 7.35. The Balaban J connectivity index is 1.36. The Morgan fingerprint density at radius 3 is 1.43 bits per heavy atom. The molecule has 7 aromatic rings. The molecule has 1 N–H and O–H groups in total. The van der Waals surface area contributed by atoms with Gasteiger partial charge < -0.3 is 18.9 Å². The predicted molar refractivity (Wildman–Crippen MR) is 245 cm³/mol. The molecule has 12 nitrogen and oxygen atoms in total. The third kappa shape index (κ3) is 9.32. The van der Waals surface area contributed by atoms with Gasteiger partial charge in [-0.25, -0.2) is 9.59 Å². The Kier molecular flexibility index (Phi) is 13.3. The van der Waals surface area contributed by atoms with Crippen molar-refractivity contribution in [3.05, 3.63) is 254 Å². The smallest absolute Gasteiger partial charge is 0.330 e. The van der Waals surface area contributed by atoms with Crippen LogP contribution in [0.4, 0.5) is 0 Å². The van der Waals surface area contributed by atoms with Crippen molar-refractivity contribution >= 4 is 22.2 Å². The molecule has 0 unspecified atom stereocenters. The summed E-state index contributed by atoms with van der Waals surface area (Å²) in [5.74, 6) is -0.739. The van der Waals surface area contributed by atoms with Crippen LogP contribution in [-0.4, -0.2) is 62.2 Å². The molecule has 1 aliphatic rings. The Morgan fingerprint density at radius 1 is 0.646 bits per heavy atom. The van der Waals surface area contributed by atoms with Crippen molar-refractivity contribution in [3.8, 4) is 0 Å². The second kappa shape index (κ2) is 19.4. The van der Waals surface area contributed by atoms with Crippen LogP contribution in [0.15, 0.2) is 204 Å². The molecule has 330 valence electrons.